The molecule has 2 aromatic rings. The van der Waals surface area contributed by atoms with Crippen molar-refractivity contribution in [3.05, 3.63) is 65.0 Å². The maximum atomic E-state index is 13.4. The molecule has 1 aliphatic rings. The van der Waals surface area contributed by atoms with Crippen LogP contribution < -0.4 is 10.1 Å². The first-order valence-corrected chi connectivity index (χ1v) is 6.91. The Labute approximate surface area is 122 Å². The lowest BCUT2D eigenvalue weighted by molar-refractivity contribution is -0.127. The molecule has 0 spiro atoms. The van der Waals surface area contributed by atoms with Gasteiger partial charge < -0.3 is 10.1 Å². The molecule has 3 rings (SSSR count). The molecule has 0 saturated carbocycles. The van der Waals surface area contributed by atoms with Gasteiger partial charge in [0.25, 0.3) is 5.91 Å². The lowest BCUT2D eigenvalue weighted by atomic mass is 10.1. The highest BCUT2D eigenvalue weighted by Crippen LogP contribution is 2.28. The van der Waals surface area contributed by atoms with E-state index >= 15 is 0 Å². The summed E-state index contributed by atoms with van der Waals surface area (Å²) >= 11 is 0. The van der Waals surface area contributed by atoms with Crippen LogP contribution in [0.1, 0.15) is 16.7 Å². The van der Waals surface area contributed by atoms with Crippen LogP contribution >= 0.6 is 0 Å². The minimum Gasteiger partial charge on any atom is -0.480 e. The molecule has 1 amide bonds. The number of nitrogens with one attached hydrogen (secondary N) is 1. The van der Waals surface area contributed by atoms with Gasteiger partial charge in [-0.2, -0.15) is 0 Å². The van der Waals surface area contributed by atoms with Crippen molar-refractivity contribution < 1.29 is 13.9 Å². The Kier molecular flexibility index (Phi) is 3.60. The molecule has 0 aromatic heterocycles. The molecule has 0 saturated heterocycles. The second kappa shape index (κ2) is 5.56. The maximum Gasteiger partial charge on any atom is 0.261 e. The summed E-state index contributed by atoms with van der Waals surface area (Å²) in [6.07, 6.45) is 0.0715. The van der Waals surface area contributed by atoms with E-state index in [-0.39, 0.29) is 11.7 Å². The van der Waals surface area contributed by atoms with Gasteiger partial charge in [-0.15, -0.1) is 0 Å². The molecule has 0 fully saturated rings. The minimum atomic E-state index is -0.502. The van der Waals surface area contributed by atoms with E-state index in [0.29, 0.717) is 18.5 Å². The van der Waals surface area contributed by atoms with Gasteiger partial charge >= 0.3 is 0 Å². The average Bonchev–Trinajstić information content (AvgIpc) is 2.92. The molecule has 1 atom stereocenters. The molecule has 1 heterocycles. The highest BCUT2D eigenvalue weighted by Gasteiger charge is 2.28. The molecule has 3 nitrogen and oxygen atoms in total. The molecule has 2 aromatic carbocycles. The van der Waals surface area contributed by atoms with Crippen molar-refractivity contribution in [3.63, 3.8) is 0 Å². The molecule has 0 bridgehead atoms. The topological polar surface area (TPSA) is 38.3 Å². The van der Waals surface area contributed by atoms with Crippen LogP contribution in [0.5, 0.6) is 5.75 Å². The summed E-state index contributed by atoms with van der Waals surface area (Å²) in [6.45, 7) is 2.01. The van der Waals surface area contributed by atoms with Crippen LogP contribution in [0.15, 0.2) is 42.5 Å². The van der Waals surface area contributed by atoms with Crippen LogP contribution in [0.25, 0.3) is 0 Å². The number of benzene rings is 2. The van der Waals surface area contributed by atoms with E-state index in [2.05, 4.69) is 5.32 Å². The van der Waals surface area contributed by atoms with Gasteiger partial charge in [0.2, 0.25) is 0 Å². The Hall–Kier alpha value is -2.36. The van der Waals surface area contributed by atoms with Crippen molar-refractivity contribution in [2.24, 2.45) is 0 Å². The number of halogens is 1. The summed E-state index contributed by atoms with van der Waals surface area (Å²) in [5, 5.41) is 2.79. The van der Waals surface area contributed by atoms with E-state index in [1.807, 2.05) is 30.3 Å². The van der Waals surface area contributed by atoms with Crippen molar-refractivity contribution in [1.29, 1.82) is 0 Å². The van der Waals surface area contributed by atoms with Gasteiger partial charge in [0.1, 0.15) is 11.6 Å². The minimum absolute atomic E-state index is 0.174. The number of hydrogen-bond donors (Lipinski definition) is 1. The standard InChI is InChI=1S/C17H16FNO2/c1-11-6-7-12(8-14(11)18)10-19-17(20)16-9-13-4-2-3-5-15(13)21-16/h2-8,16H,9-10H2,1H3,(H,19,20). The van der Waals surface area contributed by atoms with Crippen molar-refractivity contribution in [3.8, 4) is 5.75 Å². The summed E-state index contributed by atoms with van der Waals surface area (Å²) in [4.78, 5) is 12.1. The number of amides is 1. The normalized spacial score (nSPS) is 16.2. The first-order valence-electron chi connectivity index (χ1n) is 6.91. The van der Waals surface area contributed by atoms with Gasteiger partial charge in [-0.05, 0) is 35.7 Å². The van der Waals surface area contributed by atoms with E-state index in [1.54, 1.807) is 13.0 Å². The predicted molar refractivity (Wildman–Crippen MR) is 77.5 cm³/mol. The fraction of sp³-hybridized carbons (Fsp3) is 0.235. The maximum absolute atomic E-state index is 13.4. The van der Waals surface area contributed by atoms with Crippen LogP contribution in [0.2, 0.25) is 0 Å². The number of para-hydroxylation sites is 1. The first-order chi connectivity index (χ1) is 10.1. The van der Waals surface area contributed by atoms with Gasteiger partial charge in [0.05, 0.1) is 0 Å². The molecule has 0 aliphatic carbocycles. The van der Waals surface area contributed by atoms with Gasteiger partial charge in [-0.3, -0.25) is 4.79 Å². The van der Waals surface area contributed by atoms with Crippen LogP contribution in [0, 0.1) is 12.7 Å². The van der Waals surface area contributed by atoms with Crippen molar-refractivity contribution >= 4 is 5.91 Å². The fourth-order valence-electron chi connectivity index (χ4n) is 2.38. The molecule has 1 aliphatic heterocycles. The zero-order chi connectivity index (χ0) is 14.8. The average molecular weight is 285 g/mol. The van der Waals surface area contributed by atoms with Gasteiger partial charge in [0, 0.05) is 13.0 Å². The van der Waals surface area contributed by atoms with E-state index in [9.17, 15) is 9.18 Å². The molecule has 1 N–H and O–H groups in total. The van der Waals surface area contributed by atoms with Crippen molar-refractivity contribution in [2.45, 2.75) is 26.0 Å². The van der Waals surface area contributed by atoms with E-state index in [0.717, 1.165) is 16.9 Å². The molecular formula is C17H16FNO2. The molecule has 1 unspecified atom stereocenters. The van der Waals surface area contributed by atoms with Crippen LogP contribution in [-0.2, 0) is 17.8 Å². The number of carbonyl (C=O) groups is 1. The van der Waals surface area contributed by atoms with Gasteiger partial charge in [-0.25, -0.2) is 4.39 Å². The number of carbonyl (C=O) groups excluding carboxylic acids is 1. The summed E-state index contributed by atoms with van der Waals surface area (Å²) in [6, 6.07) is 12.6. The largest absolute Gasteiger partial charge is 0.480 e. The fourth-order valence-corrected chi connectivity index (χ4v) is 2.38. The Balaban J connectivity index is 1.59. The molecular weight excluding hydrogens is 269 g/mol. The summed E-state index contributed by atoms with van der Waals surface area (Å²) in [7, 11) is 0. The van der Waals surface area contributed by atoms with Gasteiger partial charge in [0.15, 0.2) is 6.10 Å². The van der Waals surface area contributed by atoms with E-state index < -0.39 is 6.10 Å². The SMILES string of the molecule is Cc1ccc(CNC(=O)C2Cc3ccccc3O2)cc1F. The summed E-state index contributed by atoms with van der Waals surface area (Å²) in [5.41, 5.74) is 2.38. The Morgan fingerprint density at radius 1 is 1.33 bits per heavy atom. The van der Waals surface area contributed by atoms with Crippen LogP contribution in [-0.4, -0.2) is 12.0 Å². The zero-order valence-electron chi connectivity index (χ0n) is 11.7. The Bertz CT molecular complexity index is 659. The number of aryl methyl sites for hydroxylation is 1. The lowest BCUT2D eigenvalue weighted by Gasteiger charge is -2.11. The monoisotopic (exact) mass is 285 g/mol. The number of fused-ring (bicyclic) bond motifs is 1. The lowest BCUT2D eigenvalue weighted by Crippen LogP contribution is -2.37. The second-order valence-electron chi connectivity index (χ2n) is 5.22. The predicted octanol–water partition coefficient (Wildman–Crippen LogP) is 2.75. The van der Waals surface area contributed by atoms with E-state index in [4.69, 9.17) is 4.74 Å². The third-order valence-corrected chi connectivity index (χ3v) is 3.64. The smallest absolute Gasteiger partial charge is 0.261 e. The number of rotatable bonds is 3. The zero-order valence-corrected chi connectivity index (χ0v) is 11.7. The summed E-state index contributed by atoms with van der Waals surface area (Å²) in [5.74, 6) is 0.331. The Morgan fingerprint density at radius 2 is 2.14 bits per heavy atom. The molecule has 108 valence electrons. The molecule has 21 heavy (non-hydrogen) atoms. The highest BCUT2D eigenvalue weighted by molar-refractivity contribution is 5.82. The molecule has 4 heteroatoms. The second-order valence-corrected chi connectivity index (χ2v) is 5.22. The summed E-state index contributed by atoms with van der Waals surface area (Å²) < 4.78 is 19.1. The molecule has 0 radical (unpaired) electrons. The Morgan fingerprint density at radius 3 is 2.90 bits per heavy atom. The van der Waals surface area contributed by atoms with Gasteiger partial charge in [-0.1, -0.05) is 30.3 Å². The van der Waals surface area contributed by atoms with E-state index in [1.165, 1.54) is 6.07 Å². The van der Waals surface area contributed by atoms with Crippen molar-refractivity contribution in [2.75, 3.05) is 0 Å². The quantitative estimate of drug-likeness (QED) is 0.941. The number of ether oxygens (including phenoxy) is 1. The van der Waals surface area contributed by atoms with Crippen LogP contribution in [0.3, 0.4) is 0 Å². The highest BCUT2D eigenvalue weighted by atomic mass is 19.1. The first kappa shape index (κ1) is 13.6. The third-order valence-electron chi connectivity index (χ3n) is 3.64. The van der Waals surface area contributed by atoms with Crippen molar-refractivity contribution in [1.82, 2.24) is 5.32 Å². The third kappa shape index (κ3) is 2.89. The number of hydrogen-bond acceptors (Lipinski definition) is 2. The van der Waals surface area contributed by atoms with Crippen LogP contribution in [0.4, 0.5) is 4.39 Å².